The highest BCUT2D eigenvalue weighted by Gasteiger charge is 2.07. The monoisotopic (exact) mass is 214 g/mol. The number of rotatable bonds is 4. The van der Waals surface area contributed by atoms with Crippen molar-refractivity contribution < 1.29 is 4.79 Å². The third-order valence-corrected chi connectivity index (χ3v) is 2.90. The second-order valence-electron chi connectivity index (χ2n) is 2.98. The molecule has 0 atom stereocenters. The summed E-state index contributed by atoms with van der Waals surface area (Å²) in [5.41, 5.74) is 1.04. The fourth-order valence-corrected chi connectivity index (χ4v) is 1.92. The number of Topliss-reactive ketones (excluding diaryl/α,β-unsaturated/α-hetero) is 1. The van der Waals surface area contributed by atoms with Crippen molar-refractivity contribution in [3.8, 4) is 0 Å². The zero-order valence-corrected chi connectivity index (χ0v) is 9.04. The molecule has 0 fully saturated rings. The van der Waals surface area contributed by atoms with E-state index < -0.39 is 0 Å². The molecule has 0 aliphatic heterocycles. The van der Waals surface area contributed by atoms with Crippen molar-refractivity contribution in [1.29, 1.82) is 0 Å². The summed E-state index contributed by atoms with van der Waals surface area (Å²) in [6.45, 7) is 5.68. The molecule has 0 aromatic carbocycles. The Kier molecular flexibility index (Phi) is 3.70. The van der Waals surface area contributed by atoms with Gasteiger partial charge in [0.05, 0.1) is 9.21 Å². The Morgan fingerprint density at radius 3 is 2.69 bits per heavy atom. The van der Waals surface area contributed by atoms with Gasteiger partial charge in [0.25, 0.3) is 0 Å². The van der Waals surface area contributed by atoms with Crippen LogP contribution in [0.5, 0.6) is 0 Å². The Labute approximate surface area is 87.0 Å². The summed E-state index contributed by atoms with van der Waals surface area (Å²) in [5, 5.41) is 0. The van der Waals surface area contributed by atoms with Gasteiger partial charge in [0.2, 0.25) is 0 Å². The van der Waals surface area contributed by atoms with Gasteiger partial charge >= 0.3 is 0 Å². The van der Waals surface area contributed by atoms with Gasteiger partial charge in [-0.05, 0) is 25.5 Å². The number of carbonyl (C=O) groups is 1. The third-order valence-electron chi connectivity index (χ3n) is 1.63. The van der Waals surface area contributed by atoms with E-state index in [1.165, 1.54) is 11.3 Å². The summed E-state index contributed by atoms with van der Waals surface area (Å²) in [4.78, 5) is 12.2. The van der Waals surface area contributed by atoms with Crippen molar-refractivity contribution in [2.24, 2.45) is 0 Å². The smallest absolute Gasteiger partial charge is 0.173 e. The molecule has 1 aromatic rings. The molecular weight excluding hydrogens is 204 g/mol. The van der Waals surface area contributed by atoms with Crippen molar-refractivity contribution >= 4 is 28.7 Å². The van der Waals surface area contributed by atoms with Crippen molar-refractivity contribution in [3.05, 3.63) is 33.5 Å². The summed E-state index contributed by atoms with van der Waals surface area (Å²) in [5.74, 6) is 0.153. The lowest BCUT2D eigenvalue weighted by atomic mass is 10.1. The SMILES string of the molecule is C=C(C)CCC(=O)c1ccc(Cl)s1. The molecule has 70 valence electrons. The van der Waals surface area contributed by atoms with Crippen LogP contribution in [-0.4, -0.2) is 5.78 Å². The number of hydrogen-bond donors (Lipinski definition) is 0. The van der Waals surface area contributed by atoms with Crippen LogP contribution in [0.4, 0.5) is 0 Å². The van der Waals surface area contributed by atoms with E-state index in [9.17, 15) is 4.79 Å². The number of halogens is 1. The molecule has 1 nitrogen and oxygen atoms in total. The molecule has 1 aromatic heterocycles. The maximum Gasteiger partial charge on any atom is 0.173 e. The zero-order valence-electron chi connectivity index (χ0n) is 7.47. The molecule has 13 heavy (non-hydrogen) atoms. The van der Waals surface area contributed by atoms with Gasteiger partial charge in [-0.25, -0.2) is 0 Å². The Morgan fingerprint density at radius 1 is 1.54 bits per heavy atom. The van der Waals surface area contributed by atoms with Crippen molar-refractivity contribution in [1.82, 2.24) is 0 Å². The van der Waals surface area contributed by atoms with Gasteiger partial charge in [0.15, 0.2) is 5.78 Å². The molecule has 0 radical (unpaired) electrons. The van der Waals surface area contributed by atoms with E-state index in [0.29, 0.717) is 10.8 Å². The largest absolute Gasteiger partial charge is 0.293 e. The van der Waals surface area contributed by atoms with E-state index in [4.69, 9.17) is 11.6 Å². The number of carbonyl (C=O) groups excluding carboxylic acids is 1. The van der Waals surface area contributed by atoms with Crippen LogP contribution in [0, 0.1) is 0 Å². The Balaban J connectivity index is 2.54. The predicted octanol–water partition coefficient (Wildman–Crippen LogP) is 3.94. The van der Waals surface area contributed by atoms with Gasteiger partial charge in [0.1, 0.15) is 0 Å². The lowest BCUT2D eigenvalue weighted by Crippen LogP contribution is -1.95. The highest BCUT2D eigenvalue weighted by Crippen LogP contribution is 2.23. The molecule has 0 saturated heterocycles. The van der Waals surface area contributed by atoms with E-state index >= 15 is 0 Å². The van der Waals surface area contributed by atoms with Crippen molar-refractivity contribution in [2.75, 3.05) is 0 Å². The Hall–Kier alpha value is -0.600. The van der Waals surface area contributed by atoms with Crippen LogP contribution in [0.2, 0.25) is 4.34 Å². The van der Waals surface area contributed by atoms with Crippen LogP contribution >= 0.6 is 22.9 Å². The van der Waals surface area contributed by atoms with Gasteiger partial charge in [-0.3, -0.25) is 4.79 Å². The highest BCUT2D eigenvalue weighted by molar-refractivity contribution is 7.18. The second-order valence-corrected chi connectivity index (χ2v) is 4.70. The minimum absolute atomic E-state index is 0.153. The molecule has 0 amide bonds. The Bertz CT molecular complexity index is 327. The predicted molar refractivity (Wildman–Crippen MR) is 57.7 cm³/mol. The van der Waals surface area contributed by atoms with Gasteiger partial charge < -0.3 is 0 Å². The maximum atomic E-state index is 11.5. The summed E-state index contributed by atoms with van der Waals surface area (Å²) in [7, 11) is 0. The topological polar surface area (TPSA) is 17.1 Å². The fourth-order valence-electron chi connectivity index (χ4n) is 0.914. The van der Waals surface area contributed by atoms with Crippen LogP contribution in [0.3, 0.4) is 0 Å². The highest BCUT2D eigenvalue weighted by atomic mass is 35.5. The first-order valence-corrected chi connectivity index (χ1v) is 5.22. The lowest BCUT2D eigenvalue weighted by Gasteiger charge is -1.96. The molecule has 0 aliphatic rings. The van der Waals surface area contributed by atoms with Gasteiger partial charge in [-0.2, -0.15) is 0 Å². The first-order chi connectivity index (χ1) is 6.09. The number of hydrogen-bond acceptors (Lipinski definition) is 2. The van der Waals surface area contributed by atoms with Crippen molar-refractivity contribution in [2.45, 2.75) is 19.8 Å². The van der Waals surface area contributed by atoms with Crippen molar-refractivity contribution in [3.63, 3.8) is 0 Å². The van der Waals surface area contributed by atoms with E-state index in [0.717, 1.165) is 16.9 Å². The Morgan fingerprint density at radius 2 is 2.23 bits per heavy atom. The molecule has 0 aliphatic carbocycles. The van der Waals surface area contributed by atoms with Crippen LogP contribution < -0.4 is 0 Å². The molecular formula is C10H11ClOS. The first kappa shape index (κ1) is 10.5. The minimum Gasteiger partial charge on any atom is -0.293 e. The summed E-state index contributed by atoms with van der Waals surface area (Å²) < 4.78 is 0.665. The first-order valence-electron chi connectivity index (χ1n) is 4.02. The number of allylic oxidation sites excluding steroid dienone is 1. The fraction of sp³-hybridized carbons (Fsp3) is 0.300. The standard InChI is InChI=1S/C10H11ClOS/c1-7(2)3-4-8(12)9-5-6-10(11)13-9/h5-6H,1,3-4H2,2H3. The van der Waals surface area contributed by atoms with Crippen LogP contribution in [0.15, 0.2) is 24.3 Å². The van der Waals surface area contributed by atoms with Gasteiger partial charge in [-0.15, -0.1) is 17.9 Å². The molecule has 0 unspecified atom stereocenters. The minimum atomic E-state index is 0.153. The normalized spacial score (nSPS) is 10.0. The number of ketones is 1. The van der Waals surface area contributed by atoms with E-state index in [-0.39, 0.29) is 5.78 Å². The molecule has 0 N–H and O–H groups in total. The molecule has 1 heterocycles. The van der Waals surface area contributed by atoms with Crippen LogP contribution in [0.1, 0.15) is 29.4 Å². The summed E-state index contributed by atoms with van der Waals surface area (Å²) >= 11 is 7.05. The molecule has 3 heteroatoms. The average molecular weight is 215 g/mol. The lowest BCUT2D eigenvalue weighted by molar-refractivity contribution is 0.0986. The average Bonchev–Trinajstić information content (AvgIpc) is 2.47. The maximum absolute atomic E-state index is 11.5. The summed E-state index contributed by atoms with van der Waals surface area (Å²) in [6, 6.07) is 3.52. The molecule has 0 bridgehead atoms. The number of thiophene rings is 1. The molecule has 0 spiro atoms. The molecule has 1 rings (SSSR count). The van der Waals surface area contributed by atoms with E-state index in [1.54, 1.807) is 12.1 Å². The van der Waals surface area contributed by atoms with Crippen LogP contribution in [0.25, 0.3) is 0 Å². The second kappa shape index (κ2) is 4.58. The third kappa shape index (κ3) is 3.33. The quantitative estimate of drug-likeness (QED) is 0.548. The molecule has 0 saturated carbocycles. The zero-order chi connectivity index (χ0) is 9.84. The van der Waals surface area contributed by atoms with Gasteiger partial charge in [0, 0.05) is 6.42 Å². The van der Waals surface area contributed by atoms with Crippen LogP contribution in [-0.2, 0) is 0 Å². The van der Waals surface area contributed by atoms with Gasteiger partial charge in [-0.1, -0.05) is 17.2 Å². The van der Waals surface area contributed by atoms with E-state index in [1.807, 2.05) is 6.92 Å². The van der Waals surface area contributed by atoms with E-state index in [2.05, 4.69) is 6.58 Å². The summed E-state index contributed by atoms with van der Waals surface area (Å²) in [6.07, 6.45) is 1.29.